The topological polar surface area (TPSA) is 129 Å². The third-order valence-electron chi connectivity index (χ3n) is 6.53. The summed E-state index contributed by atoms with van der Waals surface area (Å²) in [5.74, 6) is 0. The molecule has 0 aliphatic rings. The molecule has 0 atom stereocenters. The van der Waals surface area contributed by atoms with Gasteiger partial charge in [0.25, 0.3) is 5.69 Å². The van der Waals surface area contributed by atoms with Gasteiger partial charge in [0.15, 0.2) is 0 Å². The van der Waals surface area contributed by atoms with Crippen molar-refractivity contribution < 1.29 is 4.92 Å². The number of benzene rings is 2. The van der Waals surface area contributed by atoms with Crippen LogP contribution in [0.1, 0.15) is 26.0 Å². The molecule has 0 saturated heterocycles. The van der Waals surface area contributed by atoms with Gasteiger partial charge < -0.3 is 5.73 Å². The molecule has 6 rings (SSSR count). The van der Waals surface area contributed by atoms with E-state index in [1.165, 1.54) is 12.3 Å². The quantitative estimate of drug-likeness (QED) is 0.148. The number of nitrogens with zero attached hydrogens (tertiary/aromatic N) is 3. The summed E-state index contributed by atoms with van der Waals surface area (Å²) >= 11 is 12.0. The van der Waals surface area contributed by atoms with E-state index in [1.54, 1.807) is 48.5 Å². The monoisotopic (exact) mass is 602 g/mol. The molecule has 0 aliphatic carbocycles. The van der Waals surface area contributed by atoms with Crippen LogP contribution < -0.4 is 16.6 Å². The number of fused-ring (bicyclic) bond motifs is 4. The second kappa shape index (κ2) is 12.5. The lowest BCUT2D eigenvalue weighted by molar-refractivity contribution is -0.385. The van der Waals surface area contributed by atoms with Crippen LogP contribution in [0.5, 0.6) is 0 Å². The maximum absolute atomic E-state index is 12.6. The van der Waals surface area contributed by atoms with Crippen molar-refractivity contribution in [3.05, 3.63) is 125 Å². The van der Waals surface area contributed by atoms with Gasteiger partial charge in [-0.15, -0.1) is 0 Å². The zero-order chi connectivity index (χ0) is 28.7. The number of hydrogen-bond acceptors (Lipinski definition) is 7. The maximum atomic E-state index is 12.6. The van der Waals surface area contributed by atoms with Crippen molar-refractivity contribution >= 4 is 77.9 Å². The number of anilines is 1. The minimum atomic E-state index is -0.532. The first-order chi connectivity index (χ1) is 19.0. The lowest BCUT2D eigenvalue weighted by atomic mass is 10.1. The van der Waals surface area contributed by atoms with Crippen LogP contribution in [0.2, 0.25) is 10.0 Å². The first kappa shape index (κ1) is 31.9. The molecule has 6 aromatic rings. The van der Waals surface area contributed by atoms with E-state index in [2.05, 4.69) is 9.97 Å². The van der Waals surface area contributed by atoms with Gasteiger partial charge in [-0.25, -0.2) is 9.97 Å². The summed E-state index contributed by atoms with van der Waals surface area (Å²) in [7, 11) is 0. The molecule has 0 fully saturated rings. The Morgan fingerprint density at radius 2 is 1.14 bits per heavy atom. The highest BCUT2D eigenvalue weighted by Crippen LogP contribution is 2.25. The van der Waals surface area contributed by atoms with Gasteiger partial charge in [0.2, 0.25) is 10.9 Å². The van der Waals surface area contributed by atoms with E-state index in [0.29, 0.717) is 42.8 Å². The fraction of sp³-hybridized carbons (Fsp3) is 0.125. The molecule has 42 heavy (non-hydrogen) atoms. The summed E-state index contributed by atoms with van der Waals surface area (Å²) in [5, 5.41) is 15.8. The van der Waals surface area contributed by atoms with Crippen LogP contribution in [-0.2, 0) is 0 Å². The van der Waals surface area contributed by atoms with E-state index >= 15 is 0 Å². The molecule has 0 spiro atoms. The van der Waals surface area contributed by atoms with Crippen LogP contribution in [0.25, 0.3) is 43.4 Å². The highest BCUT2D eigenvalue weighted by atomic mass is 35.5. The van der Waals surface area contributed by atoms with Crippen molar-refractivity contribution in [1.29, 1.82) is 0 Å². The van der Waals surface area contributed by atoms with Gasteiger partial charge in [-0.2, -0.15) is 0 Å². The average molecular weight is 604 g/mol. The minimum absolute atomic E-state index is 0. The van der Waals surface area contributed by atoms with E-state index in [0.717, 1.165) is 28.1 Å². The number of nitro groups is 1. The molecule has 0 bridgehead atoms. The molecule has 2 aromatic heterocycles. The Balaban J connectivity index is 0.000000221. The van der Waals surface area contributed by atoms with E-state index in [9.17, 15) is 19.7 Å². The predicted molar refractivity (Wildman–Crippen MR) is 175 cm³/mol. The second-order valence-corrected chi connectivity index (χ2v) is 10.2. The highest BCUT2D eigenvalue weighted by molar-refractivity contribution is 6.31. The van der Waals surface area contributed by atoms with E-state index in [1.807, 2.05) is 19.9 Å². The van der Waals surface area contributed by atoms with Crippen molar-refractivity contribution in [2.75, 3.05) is 5.73 Å². The highest BCUT2D eigenvalue weighted by Gasteiger charge is 2.12. The zero-order valence-corrected chi connectivity index (χ0v) is 22.7. The number of rotatable bonds is 1. The SMILES string of the molecule is C.C.Cc1cc2cc(N)cnc2c(=O)c2ccc(Cl)cc12.Cc1cc2cc([N+](=O)[O-])cnc2c(=O)c2ccc(Cl)cc12. The number of nitrogens with two attached hydrogens (primary N) is 1. The first-order valence-corrected chi connectivity index (χ1v) is 12.7. The summed E-state index contributed by atoms with van der Waals surface area (Å²) in [5.41, 5.74) is 8.17. The number of aromatic nitrogens is 2. The Kier molecular flexibility index (Phi) is 9.46. The Morgan fingerprint density at radius 1 is 0.690 bits per heavy atom. The molecule has 214 valence electrons. The summed E-state index contributed by atoms with van der Waals surface area (Å²) in [6.45, 7) is 3.77. The van der Waals surface area contributed by atoms with Crippen LogP contribution in [0, 0.1) is 24.0 Å². The molecule has 4 aromatic carbocycles. The fourth-order valence-electron chi connectivity index (χ4n) is 4.63. The molecule has 2 N–H and O–H groups in total. The average Bonchev–Trinajstić information content (AvgIpc) is 3.08. The minimum Gasteiger partial charge on any atom is -0.397 e. The van der Waals surface area contributed by atoms with Crippen molar-refractivity contribution in [1.82, 2.24) is 9.97 Å². The molecular formula is C32H28Cl2N4O4. The summed E-state index contributed by atoms with van der Waals surface area (Å²) < 4.78 is 0. The summed E-state index contributed by atoms with van der Waals surface area (Å²) in [6.07, 6.45) is 2.60. The van der Waals surface area contributed by atoms with Gasteiger partial charge in [-0.05, 0) is 90.3 Å². The Hall–Kier alpha value is -4.66. The third kappa shape index (κ3) is 6.00. The maximum Gasteiger partial charge on any atom is 0.288 e. The van der Waals surface area contributed by atoms with Crippen LogP contribution in [0.3, 0.4) is 0 Å². The predicted octanol–water partition coefficient (Wildman–Crippen LogP) is 8.18. The number of aryl methyl sites for hydroxylation is 2. The van der Waals surface area contributed by atoms with Gasteiger partial charge in [-0.1, -0.05) is 38.1 Å². The first-order valence-electron chi connectivity index (χ1n) is 12.0. The van der Waals surface area contributed by atoms with Gasteiger partial charge in [0, 0.05) is 37.7 Å². The van der Waals surface area contributed by atoms with Crippen LogP contribution in [-0.4, -0.2) is 14.9 Å². The van der Waals surface area contributed by atoms with E-state index in [4.69, 9.17) is 28.9 Å². The van der Waals surface area contributed by atoms with Crippen LogP contribution in [0.4, 0.5) is 11.4 Å². The summed E-state index contributed by atoms with van der Waals surface area (Å²) in [6, 6.07) is 17.0. The molecule has 0 unspecified atom stereocenters. The largest absolute Gasteiger partial charge is 0.397 e. The molecule has 2 heterocycles. The van der Waals surface area contributed by atoms with Gasteiger partial charge >= 0.3 is 0 Å². The lowest BCUT2D eigenvalue weighted by Gasteiger charge is -1.96. The Labute approximate surface area is 251 Å². The van der Waals surface area contributed by atoms with Gasteiger partial charge in [0.05, 0.1) is 16.8 Å². The Bertz CT molecular complexity index is 2150. The fourth-order valence-corrected chi connectivity index (χ4v) is 4.97. The van der Waals surface area contributed by atoms with Crippen LogP contribution in [0.15, 0.2) is 82.6 Å². The van der Waals surface area contributed by atoms with Crippen molar-refractivity contribution in [3.8, 4) is 0 Å². The standard InChI is InChI=1S/C15H9ClN2O3.C15H11ClN2O.2CH4/c1-8-4-9-5-11(18(20)21)7-17-14(9)15(19)12-3-2-10(16)6-13(8)12;1-8-4-9-5-11(17)7-18-14(9)15(19)12-3-2-10(16)6-13(8)12;;/h2-7H,1H3;2-7H,17H2,1H3;2*1H4. The molecule has 0 amide bonds. The molecule has 0 aliphatic heterocycles. The van der Waals surface area contributed by atoms with Gasteiger partial charge in [-0.3, -0.25) is 19.7 Å². The second-order valence-electron chi connectivity index (χ2n) is 9.29. The lowest BCUT2D eigenvalue weighted by Crippen LogP contribution is -2.01. The normalized spacial score (nSPS) is 10.5. The third-order valence-corrected chi connectivity index (χ3v) is 7.00. The van der Waals surface area contributed by atoms with Gasteiger partial charge in [0.1, 0.15) is 17.2 Å². The van der Waals surface area contributed by atoms with Crippen molar-refractivity contribution in [2.45, 2.75) is 28.7 Å². The van der Waals surface area contributed by atoms with Crippen molar-refractivity contribution in [2.24, 2.45) is 0 Å². The zero-order valence-electron chi connectivity index (χ0n) is 21.2. The van der Waals surface area contributed by atoms with Crippen molar-refractivity contribution in [3.63, 3.8) is 0 Å². The van der Waals surface area contributed by atoms with E-state index < -0.39 is 4.92 Å². The number of halogens is 2. The number of pyridine rings is 2. The Morgan fingerprint density at radius 3 is 1.62 bits per heavy atom. The smallest absolute Gasteiger partial charge is 0.288 e. The molecule has 0 radical (unpaired) electrons. The summed E-state index contributed by atoms with van der Waals surface area (Å²) in [4.78, 5) is 43.5. The molecule has 10 heteroatoms. The number of nitrogen functional groups attached to an aromatic ring is 1. The molecule has 0 saturated carbocycles. The van der Waals surface area contributed by atoms with E-state index in [-0.39, 0.29) is 36.9 Å². The molecular weight excluding hydrogens is 575 g/mol. The molecule has 8 nitrogen and oxygen atoms in total. The van der Waals surface area contributed by atoms with Crippen LogP contribution >= 0.6 is 23.2 Å². The number of hydrogen-bond donors (Lipinski definition) is 1.